The fraction of sp³-hybridized carbons (Fsp3) is 0.188. The van der Waals surface area contributed by atoms with Gasteiger partial charge in [-0.3, -0.25) is 4.79 Å². The average molecular weight is 321 g/mol. The van der Waals surface area contributed by atoms with Crippen molar-refractivity contribution in [3.63, 3.8) is 0 Å². The Bertz CT molecular complexity index is 639. The maximum Gasteiger partial charge on any atom is 0.196 e. The maximum absolute atomic E-state index is 13.8. The molecule has 1 nitrogen and oxygen atoms in total. The van der Waals surface area contributed by atoms with Gasteiger partial charge in [0.05, 0.1) is 5.56 Å². The molecule has 0 radical (unpaired) electrons. The van der Waals surface area contributed by atoms with E-state index < -0.39 is 5.82 Å². The van der Waals surface area contributed by atoms with Crippen molar-refractivity contribution in [1.82, 2.24) is 0 Å². The van der Waals surface area contributed by atoms with Crippen molar-refractivity contribution < 1.29 is 9.18 Å². The molecule has 98 valence electrons. The minimum Gasteiger partial charge on any atom is -0.288 e. The van der Waals surface area contributed by atoms with Crippen molar-refractivity contribution in [1.29, 1.82) is 0 Å². The largest absolute Gasteiger partial charge is 0.288 e. The summed E-state index contributed by atoms with van der Waals surface area (Å²) in [5, 5.41) is 0. The van der Waals surface area contributed by atoms with Gasteiger partial charge in [-0.15, -0.1) is 0 Å². The van der Waals surface area contributed by atoms with Gasteiger partial charge in [-0.1, -0.05) is 33.6 Å². The van der Waals surface area contributed by atoms with Crippen molar-refractivity contribution >= 4 is 21.7 Å². The molecule has 0 saturated heterocycles. The highest BCUT2D eigenvalue weighted by molar-refractivity contribution is 9.10. The van der Waals surface area contributed by atoms with Gasteiger partial charge in [0, 0.05) is 10.0 Å². The van der Waals surface area contributed by atoms with E-state index in [1.807, 2.05) is 32.9 Å². The lowest BCUT2D eigenvalue weighted by molar-refractivity contribution is 0.103. The van der Waals surface area contributed by atoms with Crippen LogP contribution >= 0.6 is 15.9 Å². The van der Waals surface area contributed by atoms with Crippen LogP contribution in [-0.4, -0.2) is 5.78 Å². The summed E-state index contributed by atoms with van der Waals surface area (Å²) in [6.45, 7) is 5.74. The number of carbonyl (C=O) groups excluding carboxylic acids is 1. The summed E-state index contributed by atoms with van der Waals surface area (Å²) in [5.74, 6) is -0.763. The Hall–Kier alpha value is -1.48. The fourth-order valence-electron chi connectivity index (χ4n) is 2.34. The van der Waals surface area contributed by atoms with Crippen LogP contribution in [-0.2, 0) is 0 Å². The highest BCUT2D eigenvalue weighted by Crippen LogP contribution is 2.23. The van der Waals surface area contributed by atoms with Crippen molar-refractivity contribution in [2.45, 2.75) is 20.8 Å². The highest BCUT2D eigenvalue weighted by Gasteiger charge is 2.18. The summed E-state index contributed by atoms with van der Waals surface area (Å²) in [4.78, 5) is 12.5. The quantitative estimate of drug-likeness (QED) is 0.730. The van der Waals surface area contributed by atoms with Crippen LogP contribution < -0.4 is 0 Å². The van der Waals surface area contributed by atoms with Crippen molar-refractivity contribution in [2.24, 2.45) is 0 Å². The van der Waals surface area contributed by atoms with Gasteiger partial charge in [-0.25, -0.2) is 4.39 Å². The normalized spacial score (nSPS) is 10.6. The highest BCUT2D eigenvalue weighted by atomic mass is 79.9. The predicted molar refractivity (Wildman–Crippen MR) is 78.2 cm³/mol. The Labute approximate surface area is 120 Å². The lowest BCUT2D eigenvalue weighted by Gasteiger charge is -2.11. The van der Waals surface area contributed by atoms with Gasteiger partial charge in [0.15, 0.2) is 5.78 Å². The number of carbonyl (C=O) groups is 1. The van der Waals surface area contributed by atoms with E-state index in [0.717, 1.165) is 16.7 Å². The minimum absolute atomic E-state index is 0.101. The number of hydrogen-bond donors (Lipinski definition) is 0. The number of aryl methyl sites for hydroxylation is 3. The van der Waals surface area contributed by atoms with Gasteiger partial charge in [0.2, 0.25) is 0 Å². The molecule has 0 spiro atoms. The fourth-order valence-corrected chi connectivity index (χ4v) is 2.71. The summed E-state index contributed by atoms with van der Waals surface area (Å²) < 4.78 is 14.5. The van der Waals surface area contributed by atoms with Gasteiger partial charge < -0.3 is 0 Å². The molecule has 0 fully saturated rings. The van der Waals surface area contributed by atoms with Gasteiger partial charge in [0.25, 0.3) is 0 Å². The molecule has 0 aromatic heterocycles. The molecule has 0 amide bonds. The van der Waals surface area contributed by atoms with E-state index in [4.69, 9.17) is 0 Å². The molecular formula is C16H14BrFO. The van der Waals surface area contributed by atoms with Crippen molar-refractivity contribution in [2.75, 3.05) is 0 Å². The first kappa shape index (κ1) is 13.9. The number of rotatable bonds is 2. The molecule has 19 heavy (non-hydrogen) atoms. The van der Waals surface area contributed by atoms with Crippen molar-refractivity contribution in [3.05, 3.63) is 68.4 Å². The first-order valence-corrected chi connectivity index (χ1v) is 6.77. The van der Waals surface area contributed by atoms with E-state index in [0.29, 0.717) is 10.0 Å². The first-order chi connectivity index (χ1) is 8.90. The number of halogens is 2. The Kier molecular flexibility index (Phi) is 3.85. The monoisotopic (exact) mass is 320 g/mol. The summed E-state index contributed by atoms with van der Waals surface area (Å²) in [7, 11) is 0. The van der Waals surface area contributed by atoms with E-state index in [2.05, 4.69) is 15.9 Å². The molecule has 0 atom stereocenters. The topological polar surface area (TPSA) is 17.1 Å². The molecule has 0 aliphatic carbocycles. The lowest BCUT2D eigenvalue weighted by atomic mass is 9.93. The third-order valence-corrected chi connectivity index (χ3v) is 3.57. The van der Waals surface area contributed by atoms with Gasteiger partial charge >= 0.3 is 0 Å². The molecule has 2 aromatic rings. The van der Waals surface area contributed by atoms with Crippen LogP contribution in [0.2, 0.25) is 0 Å². The van der Waals surface area contributed by atoms with E-state index in [-0.39, 0.29) is 11.3 Å². The first-order valence-electron chi connectivity index (χ1n) is 5.97. The SMILES string of the molecule is Cc1cc(C)c(C(=O)c2cc(Br)ccc2F)c(C)c1. The van der Waals surface area contributed by atoms with Crippen LogP contribution in [0, 0.1) is 26.6 Å². The molecule has 0 N–H and O–H groups in total. The Morgan fingerprint density at radius 2 is 1.63 bits per heavy atom. The third-order valence-electron chi connectivity index (χ3n) is 3.08. The van der Waals surface area contributed by atoms with Crippen LogP contribution in [0.5, 0.6) is 0 Å². The van der Waals surface area contributed by atoms with Crippen LogP contribution in [0.3, 0.4) is 0 Å². The second-order valence-electron chi connectivity index (χ2n) is 4.73. The van der Waals surface area contributed by atoms with Gasteiger partial charge in [-0.2, -0.15) is 0 Å². The van der Waals surface area contributed by atoms with Crippen molar-refractivity contribution in [3.8, 4) is 0 Å². The molecule has 0 aliphatic heterocycles. The molecule has 2 rings (SSSR count). The number of benzene rings is 2. The maximum atomic E-state index is 13.8. The summed E-state index contributed by atoms with van der Waals surface area (Å²) in [6.07, 6.45) is 0. The molecule has 2 aromatic carbocycles. The van der Waals surface area contributed by atoms with Crippen LogP contribution in [0.4, 0.5) is 4.39 Å². The number of ketones is 1. The second-order valence-corrected chi connectivity index (χ2v) is 5.64. The zero-order chi connectivity index (χ0) is 14.2. The van der Waals surface area contributed by atoms with E-state index in [1.165, 1.54) is 12.1 Å². The molecule has 0 unspecified atom stereocenters. The van der Waals surface area contributed by atoms with Gasteiger partial charge in [0.1, 0.15) is 5.82 Å². The summed E-state index contributed by atoms with van der Waals surface area (Å²) >= 11 is 3.27. The van der Waals surface area contributed by atoms with E-state index >= 15 is 0 Å². The molecule has 0 saturated carbocycles. The average Bonchev–Trinajstić information content (AvgIpc) is 2.30. The van der Waals surface area contributed by atoms with Crippen LogP contribution in [0.15, 0.2) is 34.8 Å². The standard InChI is InChI=1S/C16H14BrFO/c1-9-6-10(2)15(11(3)7-9)16(19)13-8-12(17)4-5-14(13)18/h4-8H,1-3H3. The lowest BCUT2D eigenvalue weighted by Crippen LogP contribution is -2.09. The van der Waals surface area contributed by atoms with Crippen LogP contribution in [0.1, 0.15) is 32.6 Å². The van der Waals surface area contributed by atoms with E-state index in [9.17, 15) is 9.18 Å². The number of hydrogen-bond acceptors (Lipinski definition) is 1. The molecule has 0 heterocycles. The molecule has 0 bridgehead atoms. The smallest absolute Gasteiger partial charge is 0.196 e. The Morgan fingerprint density at radius 3 is 2.21 bits per heavy atom. The third kappa shape index (κ3) is 2.76. The zero-order valence-corrected chi connectivity index (χ0v) is 12.6. The Balaban J connectivity index is 2.59. The summed E-state index contributed by atoms with van der Waals surface area (Å²) in [6, 6.07) is 8.29. The molecule has 3 heteroatoms. The zero-order valence-electron chi connectivity index (χ0n) is 11.1. The minimum atomic E-state index is -0.493. The van der Waals surface area contributed by atoms with Gasteiger partial charge in [-0.05, 0) is 50.1 Å². The molecular weight excluding hydrogens is 307 g/mol. The molecule has 0 aliphatic rings. The second kappa shape index (κ2) is 5.25. The predicted octanol–water partition coefficient (Wildman–Crippen LogP) is 4.74. The summed E-state index contributed by atoms with van der Waals surface area (Å²) in [5.41, 5.74) is 3.54. The van der Waals surface area contributed by atoms with E-state index in [1.54, 1.807) is 6.07 Å². The Morgan fingerprint density at radius 1 is 1.05 bits per heavy atom. The van der Waals surface area contributed by atoms with Crippen LogP contribution in [0.25, 0.3) is 0 Å².